The SMILES string of the molecule is COc1ncc(C(=O)Nc2nc(-c3ccccc3Cl)cs2)cn1. The maximum absolute atomic E-state index is 12.1. The highest BCUT2D eigenvalue weighted by molar-refractivity contribution is 7.14. The molecule has 2 heterocycles. The highest BCUT2D eigenvalue weighted by Crippen LogP contribution is 2.30. The molecule has 3 rings (SSSR count). The Morgan fingerprint density at radius 2 is 2.00 bits per heavy atom. The number of rotatable bonds is 4. The zero-order valence-electron chi connectivity index (χ0n) is 12.0. The minimum Gasteiger partial charge on any atom is -0.467 e. The summed E-state index contributed by atoms with van der Waals surface area (Å²) in [5.74, 6) is -0.340. The van der Waals surface area contributed by atoms with E-state index in [1.54, 1.807) is 6.07 Å². The van der Waals surface area contributed by atoms with Gasteiger partial charge in [0.2, 0.25) is 0 Å². The van der Waals surface area contributed by atoms with Gasteiger partial charge in [-0.05, 0) is 6.07 Å². The van der Waals surface area contributed by atoms with E-state index in [9.17, 15) is 4.79 Å². The van der Waals surface area contributed by atoms with Gasteiger partial charge in [-0.25, -0.2) is 15.0 Å². The van der Waals surface area contributed by atoms with Crippen LogP contribution in [0.15, 0.2) is 42.0 Å². The van der Waals surface area contributed by atoms with Crippen LogP contribution in [-0.2, 0) is 0 Å². The fraction of sp³-hybridized carbons (Fsp3) is 0.0667. The van der Waals surface area contributed by atoms with E-state index in [1.807, 2.05) is 23.6 Å². The molecule has 6 nitrogen and oxygen atoms in total. The van der Waals surface area contributed by atoms with Gasteiger partial charge in [-0.3, -0.25) is 10.1 Å². The molecule has 0 saturated heterocycles. The van der Waals surface area contributed by atoms with Crippen LogP contribution >= 0.6 is 22.9 Å². The maximum Gasteiger partial charge on any atom is 0.316 e. The van der Waals surface area contributed by atoms with E-state index in [0.717, 1.165) is 5.56 Å². The Bertz CT molecular complexity index is 836. The van der Waals surface area contributed by atoms with Crippen molar-refractivity contribution in [3.8, 4) is 17.3 Å². The smallest absolute Gasteiger partial charge is 0.316 e. The summed E-state index contributed by atoms with van der Waals surface area (Å²) < 4.78 is 4.85. The average molecular weight is 347 g/mol. The Kier molecular flexibility index (Phi) is 4.50. The zero-order chi connectivity index (χ0) is 16.2. The number of thiazole rings is 1. The van der Waals surface area contributed by atoms with Crippen LogP contribution in [0.1, 0.15) is 10.4 Å². The van der Waals surface area contributed by atoms with Crippen molar-refractivity contribution in [2.24, 2.45) is 0 Å². The van der Waals surface area contributed by atoms with E-state index < -0.39 is 0 Å². The molecule has 2 aromatic heterocycles. The first-order valence-corrected chi connectivity index (χ1v) is 7.81. The summed E-state index contributed by atoms with van der Waals surface area (Å²) in [6.07, 6.45) is 2.79. The lowest BCUT2D eigenvalue weighted by molar-refractivity contribution is 0.102. The van der Waals surface area contributed by atoms with Gasteiger partial charge in [0.25, 0.3) is 5.91 Å². The molecule has 0 aliphatic carbocycles. The molecule has 0 atom stereocenters. The number of benzene rings is 1. The van der Waals surface area contributed by atoms with Crippen molar-refractivity contribution in [2.45, 2.75) is 0 Å². The van der Waals surface area contributed by atoms with Gasteiger partial charge >= 0.3 is 6.01 Å². The van der Waals surface area contributed by atoms with Gasteiger partial charge in [-0.2, -0.15) is 0 Å². The minimum absolute atomic E-state index is 0.205. The van der Waals surface area contributed by atoms with E-state index in [0.29, 0.717) is 21.4 Å². The molecular weight excluding hydrogens is 336 g/mol. The fourth-order valence-corrected chi connectivity index (χ4v) is 2.77. The lowest BCUT2D eigenvalue weighted by Gasteiger charge is -2.02. The number of anilines is 1. The summed E-state index contributed by atoms with van der Waals surface area (Å²) in [4.78, 5) is 24.3. The van der Waals surface area contributed by atoms with Crippen molar-refractivity contribution in [3.63, 3.8) is 0 Å². The van der Waals surface area contributed by atoms with Crippen molar-refractivity contribution in [2.75, 3.05) is 12.4 Å². The highest BCUT2D eigenvalue weighted by atomic mass is 35.5. The van der Waals surface area contributed by atoms with Gasteiger partial charge in [0.15, 0.2) is 5.13 Å². The van der Waals surface area contributed by atoms with Crippen molar-refractivity contribution < 1.29 is 9.53 Å². The molecule has 3 aromatic rings. The molecule has 0 aliphatic heterocycles. The van der Waals surface area contributed by atoms with Gasteiger partial charge in [-0.1, -0.05) is 29.8 Å². The van der Waals surface area contributed by atoms with Crippen LogP contribution in [0.5, 0.6) is 6.01 Å². The van der Waals surface area contributed by atoms with Crippen molar-refractivity contribution in [1.29, 1.82) is 0 Å². The number of carbonyl (C=O) groups excluding carboxylic acids is 1. The van der Waals surface area contributed by atoms with Crippen LogP contribution in [0.3, 0.4) is 0 Å². The van der Waals surface area contributed by atoms with E-state index in [4.69, 9.17) is 16.3 Å². The molecule has 1 amide bonds. The summed E-state index contributed by atoms with van der Waals surface area (Å²) in [7, 11) is 1.46. The summed E-state index contributed by atoms with van der Waals surface area (Å²) in [5, 5.41) is 5.63. The number of aromatic nitrogens is 3. The summed E-state index contributed by atoms with van der Waals surface area (Å²) in [6, 6.07) is 7.61. The second kappa shape index (κ2) is 6.72. The Hall–Kier alpha value is -2.51. The van der Waals surface area contributed by atoms with Gasteiger partial charge in [0, 0.05) is 28.4 Å². The fourth-order valence-electron chi connectivity index (χ4n) is 1.83. The second-order valence-electron chi connectivity index (χ2n) is 4.43. The van der Waals surface area contributed by atoms with Gasteiger partial charge < -0.3 is 4.74 Å². The molecule has 0 saturated carbocycles. The third-order valence-corrected chi connectivity index (χ3v) is 4.03. The number of amides is 1. The predicted molar refractivity (Wildman–Crippen MR) is 89.1 cm³/mol. The van der Waals surface area contributed by atoms with Crippen LogP contribution in [0.2, 0.25) is 5.02 Å². The third kappa shape index (κ3) is 3.46. The number of hydrogen-bond donors (Lipinski definition) is 1. The van der Waals surface area contributed by atoms with E-state index >= 15 is 0 Å². The molecule has 0 spiro atoms. The molecular formula is C15H11ClN4O2S. The van der Waals surface area contributed by atoms with Crippen LogP contribution in [0, 0.1) is 0 Å². The van der Waals surface area contributed by atoms with E-state index in [-0.39, 0.29) is 11.9 Å². The second-order valence-corrected chi connectivity index (χ2v) is 5.70. The number of halogens is 1. The Labute approximate surface area is 141 Å². The minimum atomic E-state index is -0.340. The lowest BCUT2D eigenvalue weighted by atomic mass is 10.2. The first kappa shape index (κ1) is 15.4. The molecule has 116 valence electrons. The Morgan fingerprint density at radius 1 is 1.26 bits per heavy atom. The molecule has 0 radical (unpaired) electrons. The van der Waals surface area contributed by atoms with Gasteiger partial charge in [-0.15, -0.1) is 11.3 Å². The summed E-state index contributed by atoms with van der Waals surface area (Å²) in [5.41, 5.74) is 1.85. The number of hydrogen-bond acceptors (Lipinski definition) is 6. The summed E-state index contributed by atoms with van der Waals surface area (Å²) in [6.45, 7) is 0. The first-order chi connectivity index (χ1) is 11.2. The molecule has 23 heavy (non-hydrogen) atoms. The molecule has 0 aliphatic rings. The van der Waals surface area contributed by atoms with Crippen LogP contribution in [-0.4, -0.2) is 28.0 Å². The molecule has 0 bridgehead atoms. The predicted octanol–water partition coefficient (Wildman–Crippen LogP) is 3.51. The lowest BCUT2D eigenvalue weighted by Crippen LogP contribution is -2.12. The molecule has 8 heteroatoms. The number of carbonyl (C=O) groups is 1. The Morgan fingerprint density at radius 3 is 2.70 bits per heavy atom. The number of nitrogens with zero attached hydrogens (tertiary/aromatic N) is 3. The Balaban J connectivity index is 1.76. The molecule has 0 unspecified atom stereocenters. The number of methoxy groups -OCH3 is 1. The quantitative estimate of drug-likeness (QED) is 0.782. The normalized spacial score (nSPS) is 10.3. The summed E-state index contributed by atoms with van der Waals surface area (Å²) >= 11 is 7.46. The van der Waals surface area contributed by atoms with Crippen LogP contribution < -0.4 is 10.1 Å². The zero-order valence-corrected chi connectivity index (χ0v) is 13.6. The standard InChI is InChI=1S/C15H11ClN4O2S/c1-22-14-17-6-9(7-18-14)13(21)20-15-19-12(8-23-15)10-4-2-3-5-11(10)16/h2-8H,1H3,(H,19,20,21). The molecule has 1 N–H and O–H groups in total. The van der Waals surface area contributed by atoms with Gasteiger partial charge in [0.1, 0.15) is 0 Å². The maximum atomic E-state index is 12.1. The first-order valence-electron chi connectivity index (χ1n) is 6.55. The van der Waals surface area contributed by atoms with Crippen LogP contribution in [0.4, 0.5) is 5.13 Å². The third-order valence-electron chi connectivity index (χ3n) is 2.95. The highest BCUT2D eigenvalue weighted by Gasteiger charge is 2.12. The number of ether oxygens (including phenoxy) is 1. The van der Waals surface area contributed by atoms with E-state index in [1.165, 1.54) is 30.8 Å². The molecule has 0 fully saturated rings. The van der Waals surface area contributed by atoms with Crippen molar-refractivity contribution >= 4 is 34.0 Å². The molecule has 1 aromatic carbocycles. The van der Waals surface area contributed by atoms with Crippen LogP contribution in [0.25, 0.3) is 11.3 Å². The van der Waals surface area contributed by atoms with E-state index in [2.05, 4.69) is 20.3 Å². The van der Waals surface area contributed by atoms with Crippen molar-refractivity contribution in [1.82, 2.24) is 15.0 Å². The topological polar surface area (TPSA) is 77.0 Å². The van der Waals surface area contributed by atoms with Crippen molar-refractivity contribution in [3.05, 3.63) is 52.6 Å². The largest absolute Gasteiger partial charge is 0.467 e. The van der Waals surface area contributed by atoms with Gasteiger partial charge in [0.05, 0.1) is 18.4 Å². The average Bonchev–Trinajstić information content (AvgIpc) is 3.03. The number of nitrogens with one attached hydrogen (secondary N) is 1. The monoisotopic (exact) mass is 346 g/mol.